The third-order valence-corrected chi connectivity index (χ3v) is 1.49. The molecule has 0 saturated carbocycles. The Morgan fingerprint density at radius 1 is 1.45 bits per heavy atom. The maximum Gasteiger partial charge on any atom is 0.298 e. The molecular weight excluding hydrogens is 146 g/mol. The molecule has 5 heteroatoms. The Labute approximate surface area is 64.7 Å². The fraction of sp³-hybridized carbons (Fsp3) is 0.667. The minimum Gasteiger partial charge on any atom is -0.314 e. The maximum atomic E-state index is 10.5. The van der Waals surface area contributed by atoms with E-state index in [-0.39, 0.29) is 6.29 Å². The second-order valence-electron chi connectivity index (χ2n) is 2.33. The van der Waals surface area contributed by atoms with Gasteiger partial charge in [0.2, 0.25) is 6.29 Å². The van der Waals surface area contributed by atoms with Gasteiger partial charge in [-0.25, -0.2) is 5.01 Å². The molecule has 1 heterocycles. The number of hydrazine groups is 1. The number of piperazine rings is 1. The fourth-order valence-electron chi connectivity index (χ4n) is 0.959. The van der Waals surface area contributed by atoms with Gasteiger partial charge in [0.1, 0.15) is 0 Å². The second-order valence-corrected chi connectivity index (χ2v) is 2.33. The van der Waals surface area contributed by atoms with E-state index in [0.29, 0.717) is 0 Å². The van der Waals surface area contributed by atoms with Crippen LogP contribution < -0.4 is 10.7 Å². The molecule has 1 aliphatic rings. The molecule has 62 valence electrons. The van der Waals surface area contributed by atoms with Crippen molar-refractivity contribution < 1.29 is 9.59 Å². The smallest absolute Gasteiger partial charge is 0.298 e. The fourth-order valence-corrected chi connectivity index (χ4v) is 0.959. The molecule has 1 amide bonds. The standard InChI is InChI=1S/C6H11N3O2/c10-5-6(11)8-9-3-1-7-2-4-9/h5,7H,1-4H2,(H,8,11). The van der Waals surface area contributed by atoms with E-state index in [1.165, 1.54) is 0 Å². The molecular formula is C6H11N3O2. The summed E-state index contributed by atoms with van der Waals surface area (Å²) in [5, 5.41) is 4.85. The van der Waals surface area contributed by atoms with Gasteiger partial charge in [-0.3, -0.25) is 15.0 Å². The summed E-state index contributed by atoms with van der Waals surface area (Å²) in [6, 6.07) is 0. The van der Waals surface area contributed by atoms with Gasteiger partial charge >= 0.3 is 0 Å². The molecule has 0 unspecified atom stereocenters. The SMILES string of the molecule is O=CC(=O)NN1CCNCC1. The predicted octanol–water partition coefficient (Wildman–Crippen LogP) is -1.88. The number of hydrogen-bond acceptors (Lipinski definition) is 4. The molecule has 1 fully saturated rings. The molecule has 11 heavy (non-hydrogen) atoms. The molecule has 0 bridgehead atoms. The van der Waals surface area contributed by atoms with Crippen molar-refractivity contribution >= 4 is 12.2 Å². The van der Waals surface area contributed by atoms with Crippen LogP contribution in [0.25, 0.3) is 0 Å². The summed E-state index contributed by atoms with van der Waals surface area (Å²) in [5.41, 5.74) is 2.45. The average Bonchev–Trinajstić information content (AvgIpc) is 2.06. The van der Waals surface area contributed by atoms with Gasteiger partial charge in [-0.05, 0) is 0 Å². The van der Waals surface area contributed by atoms with Gasteiger partial charge in [-0.15, -0.1) is 0 Å². The summed E-state index contributed by atoms with van der Waals surface area (Å²) in [4.78, 5) is 20.5. The Morgan fingerprint density at radius 3 is 2.64 bits per heavy atom. The van der Waals surface area contributed by atoms with Crippen LogP contribution in [0.3, 0.4) is 0 Å². The first-order valence-corrected chi connectivity index (χ1v) is 3.54. The molecule has 0 spiro atoms. The Morgan fingerprint density at radius 2 is 2.09 bits per heavy atom. The lowest BCUT2D eigenvalue weighted by Crippen LogP contribution is -2.52. The van der Waals surface area contributed by atoms with Crippen LogP contribution in [-0.2, 0) is 9.59 Å². The molecule has 1 aliphatic heterocycles. The number of hydrogen-bond donors (Lipinski definition) is 2. The third-order valence-electron chi connectivity index (χ3n) is 1.49. The van der Waals surface area contributed by atoms with Gasteiger partial charge in [-0.2, -0.15) is 0 Å². The number of nitrogens with zero attached hydrogens (tertiary/aromatic N) is 1. The van der Waals surface area contributed by atoms with Gasteiger partial charge in [0, 0.05) is 26.2 Å². The number of aldehydes is 1. The van der Waals surface area contributed by atoms with Crippen molar-refractivity contribution in [3.8, 4) is 0 Å². The van der Waals surface area contributed by atoms with Crippen molar-refractivity contribution in [3.05, 3.63) is 0 Å². The lowest BCUT2D eigenvalue weighted by atomic mass is 10.4. The van der Waals surface area contributed by atoms with Gasteiger partial charge < -0.3 is 5.32 Å². The quantitative estimate of drug-likeness (QED) is 0.364. The zero-order valence-electron chi connectivity index (χ0n) is 6.17. The minimum absolute atomic E-state index is 0.280. The van der Waals surface area contributed by atoms with Gasteiger partial charge in [0.15, 0.2) is 0 Å². The average molecular weight is 157 g/mol. The molecule has 0 aromatic rings. The molecule has 0 radical (unpaired) electrons. The second kappa shape index (κ2) is 4.05. The summed E-state index contributed by atoms with van der Waals surface area (Å²) in [6.45, 7) is 3.19. The highest BCUT2D eigenvalue weighted by Crippen LogP contribution is 1.85. The van der Waals surface area contributed by atoms with E-state index in [1.807, 2.05) is 0 Å². The van der Waals surface area contributed by atoms with Crippen LogP contribution in [0.15, 0.2) is 0 Å². The summed E-state index contributed by atoms with van der Waals surface area (Å²) in [7, 11) is 0. The Bertz CT molecular complexity index is 154. The molecule has 0 aromatic carbocycles. The minimum atomic E-state index is -0.577. The Hall–Kier alpha value is -0.940. The molecule has 0 atom stereocenters. The summed E-state index contributed by atoms with van der Waals surface area (Å²) in [6.07, 6.45) is 0.280. The number of carbonyl (C=O) groups excluding carboxylic acids is 2. The highest BCUT2D eigenvalue weighted by Gasteiger charge is 2.10. The first kappa shape index (κ1) is 8.16. The molecule has 1 saturated heterocycles. The van der Waals surface area contributed by atoms with Gasteiger partial charge in [0.05, 0.1) is 0 Å². The van der Waals surface area contributed by atoms with Crippen molar-refractivity contribution in [2.24, 2.45) is 0 Å². The number of amides is 1. The first-order valence-electron chi connectivity index (χ1n) is 3.54. The largest absolute Gasteiger partial charge is 0.314 e. The van der Waals surface area contributed by atoms with Crippen LogP contribution in [0.1, 0.15) is 0 Å². The topological polar surface area (TPSA) is 61.4 Å². The summed E-state index contributed by atoms with van der Waals surface area (Å²) < 4.78 is 0. The molecule has 0 aliphatic carbocycles. The van der Waals surface area contributed by atoms with Crippen LogP contribution in [0.5, 0.6) is 0 Å². The van der Waals surface area contributed by atoms with E-state index >= 15 is 0 Å². The van der Waals surface area contributed by atoms with E-state index in [1.54, 1.807) is 5.01 Å². The number of nitrogens with one attached hydrogen (secondary N) is 2. The van der Waals surface area contributed by atoms with Crippen molar-refractivity contribution in [2.75, 3.05) is 26.2 Å². The van der Waals surface area contributed by atoms with E-state index in [4.69, 9.17) is 0 Å². The molecule has 2 N–H and O–H groups in total. The molecule has 0 aromatic heterocycles. The van der Waals surface area contributed by atoms with Crippen LogP contribution in [0.4, 0.5) is 0 Å². The normalized spacial score (nSPS) is 19.3. The van der Waals surface area contributed by atoms with E-state index < -0.39 is 5.91 Å². The van der Waals surface area contributed by atoms with E-state index in [9.17, 15) is 9.59 Å². The molecule has 5 nitrogen and oxygen atoms in total. The monoisotopic (exact) mass is 157 g/mol. The lowest BCUT2D eigenvalue weighted by molar-refractivity contribution is -0.134. The first-order chi connectivity index (χ1) is 5.33. The zero-order valence-corrected chi connectivity index (χ0v) is 6.17. The van der Waals surface area contributed by atoms with E-state index in [2.05, 4.69) is 10.7 Å². The number of rotatable bonds is 2. The highest BCUT2D eigenvalue weighted by molar-refractivity contribution is 6.23. The predicted molar refractivity (Wildman–Crippen MR) is 38.6 cm³/mol. The lowest BCUT2D eigenvalue weighted by Gasteiger charge is -2.26. The van der Waals surface area contributed by atoms with E-state index in [0.717, 1.165) is 26.2 Å². The van der Waals surface area contributed by atoms with Crippen LogP contribution >= 0.6 is 0 Å². The van der Waals surface area contributed by atoms with Crippen LogP contribution in [0, 0.1) is 0 Å². The number of carbonyl (C=O) groups is 2. The zero-order chi connectivity index (χ0) is 8.10. The third kappa shape index (κ3) is 2.65. The highest BCUT2D eigenvalue weighted by atomic mass is 16.2. The Kier molecular flexibility index (Phi) is 3.00. The Balaban J connectivity index is 2.24. The van der Waals surface area contributed by atoms with Crippen molar-refractivity contribution in [1.29, 1.82) is 0 Å². The van der Waals surface area contributed by atoms with Gasteiger partial charge in [0.25, 0.3) is 5.91 Å². The van der Waals surface area contributed by atoms with Gasteiger partial charge in [-0.1, -0.05) is 0 Å². The maximum absolute atomic E-state index is 10.5. The summed E-state index contributed by atoms with van der Waals surface area (Å²) >= 11 is 0. The summed E-state index contributed by atoms with van der Waals surface area (Å²) in [5.74, 6) is -0.577. The van der Waals surface area contributed by atoms with Crippen LogP contribution in [0.2, 0.25) is 0 Å². The van der Waals surface area contributed by atoms with Crippen molar-refractivity contribution in [2.45, 2.75) is 0 Å². The molecule has 1 rings (SSSR count). The van der Waals surface area contributed by atoms with Crippen LogP contribution in [-0.4, -0.2) is 43.4 Å². The van der Waals surface area contributed by atoms with Crippen molar-refractivity contribution in [3.63, 3.8) is 0 Å². The van der Waals surface area contributed by atoms with Crippen molar-refractivity contribution in [1.82, 2.24) is 15.8 Å².